The molecule has 0 radical (unpaired) electrons. The van der Waals surface area contributed by atoms with Crippen LogP contribution in [0.4, 0.5) is 0 Å². The van der Waals surface area contributed by atoms with Gasteiger partial charge < -0.3 is 9.38 Å². The summed E-state index contributed by atoms with van der Waals surface area (Å²) < 4.78 is 1.42. The number of hydrogen-bond donors (Lipinski definition) is 0. The summed E-state index contributed by atoms with van der Waals surface area (Å²) in [6.45, 7) is 17.7. The van der Waals surface area contributed by atoms with Crippen LogP contribution in [-0.4, -0.2) is 55.7 Å². The molecule has 0 spiro atoms. The highest BCUT2D eigenvalue weighted by Crippen LogP contribution is 2.38. The van der Waals surface area contributed by atoms with Crippen molar-refractivity contribution in [1.82, 2.24) is 4.90 Å². The fourth-order valence-corrected chi connectivity index (χ4v) is 5.10. The Bertz CT molecular complexity index is 296. The molecule has 0 amide bonds. The van der Waals surface area contributed by atoms with Crippen LogP contribution in [0.25, 0.3) is 0 Å². The number of hydrogen-bond acceptors (Lipinski definition) is 1. The van der Waals surface area contributed by atoms with Crippen LogP contribution in [0.1, 0.15) is 66.7 Å². The predicted octanol–water partition coefficient (Wildman–Crippen LogP) is 4.65. The Balaban J connectivity index is 3.11. The van der Waals surface area contributed by atoms with E-state index in [9.17, 15) is 0 Å². The lowest BCUT2D eigenvalue weighted by molar-refractivity contribution is -0.964. The van der Waals surface area contributed by atoms with E-state index in [0.29, 0.717) is 0 Å². The molecule has 1 saturated heterocycles. The van der Waals surface area contributed by atoms with E-state index in [1.807, 2.05) is 0 Å². The highest BCUT2D eigenvalue weighted by atomic mass is 15.4. The molecule has 132 valence electrons. The lowest BCUT2D eigenvalue weighted by atomic mass is 9.75. The lowest BCUT2D eigenvalue weighted by Crippen LogP contribution is -2.65. The second-order valence-corrected chi connectivity index (χ2v) is 8.52. The Kier molecular flexibility index (Phi) is 8.42. The number of unbranched alkanes of at least 4 members (excludes halogenated alkanes) is 1. The molecule has 2 nitrogen and oxygen atoms in total. The monoisotopic (exact) mass is 311 g/mol. The largest absolute Gasteiger partial charge is 0.321 e. The van der Waals surface area contributed by atoms with Gasteiger partial charge in [-0.15, -0.1) is 0 Å². The SMILES string of the molecule is CCCC[N+]1(CCC)CCCC(C)C1C(CN(C)C)C(C)C. The number of quaternary nitrogens is 1. The zero-order chi connectivity index (χ0) is 16.8. The van der Waals surface area contributed by atoms with Crippen LogP contribution in [0, 0.1) is 17.8 Å². The number of nitrogens with zero attached hydrogens (tertiary/aromatic N) is 2. The van der Waals surface area contributed by atoms with Crippen LogP contribution >= 0.6 is 0 Å². The molecule has 0 saturated carbocycles. The summed E-state index contributed by atoms with van der Waals surface area (Å²) in [5.41, 5.74) is 0. The van der Waals surface area contributed by atoms with Gasteiger partial charge in [0.2, 0.25) is 0 Å². The summed E-state index contributed by atoms with van der Waals surface area (Å²) in [5, 5.41) is 0. The smallest absolute Gasteiger partial charge is 0.0959 e. The van der Waals surface area contributed by atoms with Crippen molar-refractivity contribution in [3.05, 3.63) is 0 Å². The van der Waals surface area contributed by atoms with Gasteiger partial charge in [-0.2, -0.15) is 0 Å². The van der Waals surface area contributed by atoms with Gasteiger partial charge in [0.25, 0.3) is 0 Å². The lowest BCUT2D eigenvalue weighted by Gasteiger charge is -2.54. The first-order valence-corrected chi connectivity index (χ1v) is 9.88. The molecule has 4 unspecified atom stereocenters. The zero-order valence-electron chi connectivity index (χ0n) is 16.6. The van der Waals surface area contributed by atoms with E-state index in [1.165, 1.54) is 62.8 Å². The molecule has 1 heterocycles. The van der Waals surface area contributed by atoms with Gasteiger partial charge in [-0.1, -0.05) is 41.0 Å². The minimum atomic E-state index is 0.781. The molecular formula is C20H43N2+. The second-order valence-electron chi connectivity index (χ2n) is 8.52. The highest BCUT2D eigenvalue weighted by Gasteiger charge is 2.47. The van der Waals surface area contributed by atoms with E-state index in [2.05, 4.69) is 53.6 Å². The molecule has 0 aromatic heterocycles. The van der Waals surface area contributed by atoms with Gasteiger partial charge in [0.05, 0.1) is 25.7 Å². The van der Waals surface area contributed by atoms with Crippen LogP contribution < -0.4 is 0 Å². The molecule has 1 fully saturated rings. The van der Waals surface area contributed by atoms with E-state index < -0.39 is 0 Å². The van der Waals surface area contributed by atoms with Crippen molar-refractivity contribution in [2.24, 2.45) is 17.8 Å². The average Bonchev–Trinajstić information content (AvgIpc) is 2.43. The minimum absolute atomic E-state index is 0.781. The molecule has 0 aromatic rings. The van der Waals surface area contributed by atoms with Gasteiger partial charge in [0.1, 0.15) is 0 Å². The molecule has 0 bridgehead atoms. The molecule has 0 aliphatic carbocycles. The summed E-state index contributed by atoms with van der Waals surface area (Å²) in [4.78, 5) is 2.42. The average molecular weight is 312 g/mol. The van der Waals surface area contributed by atoms with Gasteiger partial charge in [-0.25, -0.2) is 0 Å². The van der Waals surface area contributed by atoms with E-state index >= 15 is 0 Å². The Morgan fingerprint density at radius 3 is 2.27 bits per heavy atom. The Morgan fingerprint density at radius 1 is 1.09 bits per heavy atom. The van der Waals surface area contributed by atoms with Crippen LogP contribution in [0.5, 0.6) is 0 Å². The fourth-order valence-electron chi connectivity index (χ4n) is 5.10. The molecule has 0 aromatic carbocycles. The maximum atomic E-state index is 2.55. The van der Waals surface area contributed by atoms with E-state index in [4.69, 9.17) is 0 Å². The van der Waals surface area contributed by atoms with E-state index in [-0.39, 0.29) is 0 Å². The van der Waals surface area contributed by atoms with Crippen molar-refractivity contribution in [2.45, 2.75) is 72.8 Å². The fraction of sp³-hybridized carbons (Fsp3) is 1.00. The van der Waals surface area contributed by atoms with Crippen LogP contribution in [0.15, 0.2) is 0 Å². The van der Waals surface area contributed by atoms with Crippen molar-refractivity contribution in [3.63, 3.8) is 0 Å². The topological polar surface area (TPSA) is 3.24 Å². The molecule has 1 rings (SSSR count). The Morgan fingerprint density at radius 2 is 1.77 bits per heavy atom. The minimum Gasteiger partial charge on any atom is -0.321 e. The van der Waals surface area contributed by atoms with Crippen molar-refractivity contribution in [2.75, 3.05) is 40.3 Å². The summed E-state index contributed by atoms with van der Waals surface area (Å²) in [5.74, 6) is 2.49. The maximum Gasteiger partial charge on any atom is 0.0959 e. The quantitative estimate of drug-likeness (QED) is 0.560. The summed E-state index contributed by atoms with van der Waals surface area (Å²) >= 11 is 0. The van der Waals surface area contributed by atoms with Crippen LogP contribution in [-0.2, 0) is 0 Å². The first-order chi connectivity index (χ1) is 10.4. The van der Waals surface area contributed by atoms with Gasteiger partial charge >= 0.3 is 0 Å². The molecule has 0 N–H and O–H groups in total. The molecule has 1 aliphatic rings. The van der Waals surface area contributed by atoms with Crippen LogP contribution in [0.3, 0.4) is 0 Å². The van der Waals surface area contributed by atoms with Crippen molar-refractivity contribution in [3.8, 4) is 0 Å². The summed E-state index contributed by atoms with van der Waals surface area (Å²) in [7, 11) is 4.51. The molecule has 2 heteroatoms. The molecule has 4 atom stereocenters. The van der Waals surface area contributed by atoms with Crippen molar-refractivity contribution in [1.29, 1.82) is 0 Å². The maximum absolute atomic E-state index is 2.55. The summed E-state index contributed by atoms with van der Waals surface area (Å²) in [6, 6.07) is 0.864. The Labute approximate surface area is 140 Å². The summed E-state index contributed by atoms with van der Waals surface area (Å²) in [6.07, 6.45) is 6.95. The third-order valence-corrected chi connectivity index (χ3v) is 5.98. The van der Waals surface area contributed by atoms with Crippen molar-refractivity contribution >= 4 is 0 Å². The van der Waals surface area contributed by atoms with Gasteiger partial charge in [0.15, 0.2) is 0 Å². The second kappa shape index (κ2) is 9.27. The Hall–Kier alpha value is -0.0800. The molecule has 1 aliphatic heterocycles. The number of rotatable bonds is 9. The first-order valence-electron chi connectivity index (χ1n) is 9.88. The van der Waals surface area contributed by atoms with Crippen LogP contribution in [0.2, 0.25) is 0 Å². The first kappa shape index (κ1) is 20.0. The zero-order valence-corrected chi connectivity index (χ0v) is 16.6. The van der Waals surface area contributed by atoms with E-state index in [1.54, 1.807) is 0 Å². The number of piperidine rings is 1. The number of likely N-dealkylation sites (tertiary alicyclic amines) is 1. The normalized spacial score (nSPS) is 31.0. The molecule has 22 heavy (non-hydrogen) atoms. The van der Waals surface area contributed by atoms with E-state index in [0.717, 1.165) is 23.8 Å². The van der Waals surface area contributed by atoms with Crippen molar-refractivity contribution < 1.29 is 4.48 Å². The van der Waals surface area contributed by atoms with Gasteiger partial charge in [-0.05, 0) is 45.7 Å². The third kappa shape index (κ3) is 4.96. The molecular weight excluding hydrogens is 268 g/mol. The highest BCUT2D eigenvalue weighted by molar-refractivity contribution is 4.84. The van der Waals surface area contributed by atoms with Gasteiger partial charge in [0, 0.05) is 18.4 Å². The predicted molar refractivity (Wildman–Crippen MR) is 99.1 cm³/mol. The third-order valence-electron chi connectivity index (χ3n) is 5.98. The standard InChI is InChI=1S/C20H43N2/c1-8-10-14-22(13-9-2)15-11-12-18(5)20(22)19(17(3)4)16-21(6)7/h17-20H,8-16H2,1-7H3/q+1. The van der Waals surface area contributed by atoms with Gasteiger partial charge in [-0.3, -0.25) is 0 Å².